The molecule has 21 heavy (non-hydrogen) atoms. The predicted octanol–water partition coefficient (Wildman–Crippen LogP) is 3.89. The van der Waals surface area contributed by atoms with Crippen LogP contribution in [0.25, 0.3) is 0 Å². The van der Waals surface area contributed by atoms with Gasteiger partial charge in [-0.1, -0.05) is 0 Å². The molecule has 5 nitrogen and oxygen atoms in total. The SMILES string of the molecule is O=C(Nc1cc(F)ccc1Br)c1cc(F)ccc1[N+](=O)[O-]. The number of carbonyl (C=O) groups is 1. The number of nitrogens with one attached hydrogen (secondary N) is 1. The Morgan fingerprint density at radius 2 is 1.76 bits per heavy atom. The number of amides is 1. The first-order chi connectivity index (χ1) is 9.88. The van der Waals surface area contributed by atoms with Gasteiger partial charge in [0.25, 0.3) is 11.6 Å². The molecule has 1 N–H and O–H groups in total. The number of hydrogen-bond donors (Lipinski definition) is 1. The zero-order chi connectivity index (χ0) is 15.6. The Morgan fingerprint density at radius 3 is 2.43 bits per heavy atom. The van der Waals surface area contributed by atoms with Crippen LogP contribution < -0.4 is 5.32 Å². The second-order valence-electron chi connectivity index (χ2n) is 4.00. The first-order valence-corrected chi connectivity index (χ1v) is 6.38. The molecule has 2 aromatic rings. The maximum atomic E-state index is 13.2. The monoisotopic (exact) mass is 356 g/mol. The van der Waals surface area contributed by atoms with Crippen molar-refractivity contribution >= 4 is 33.2 Å². The van der Waals surface area contributed by atoms with Gasteiger partial charge in [-0.15, -0.1) is 0 Å². The van der Waals surface area contributed by atoms with E-state index < -0.39 is 33.7 Å². The van der Waals surface area contributed by atoms with Gasteiger partial charge in [0.05, 0.1) is 10.6 Å². The van der Waals surface area contributed by atoms with Gasteiger partial charge in [0.1, 0.15) is 17.2 Å². The summed E-state index contributed by atoms with van der Waals surface area (Å²) < 4.78 is 26.7. The van der Waals surface area contributed by atoms with E-state index in [1.807, 2.05) is 0 Å². The minimum Gasteiger partial charge on any atom is -0.321 e. The minimum atomic E-state index is -0.910. The maximum Gasteiger partial charge on any atom is 0.282 e. The molecule has 0 aliphatic rings. The van der Waals surface area contributed by atoms with Crippen molar-refractivity contribution in [2.24, 2.45) is 0 Å². The third-order valence-electron chi connectivity index (χ3n) is 2.58. The molecule has 0 saturated carbocycles. The molecular formula is C13H7BrF2N2O3. The van der Waals surface area contributed by atoms with E-state index in [1.165, 1.54) is 12.1 Å². The smallest absolute Gasteiger partial charge is 0.282 e. The average molecular weight is 357 g/mol. The van der Waals surface area contributed by atoms with Gasteiger partial charge in [-0.05, 0) is 46.3 Å². The van der Waals surface area contributed by atoms with Crippen molar-refractivity contribution in [1.29, 1.82) is 0 Å². The van der Waals surface area contributed by atoms with E-state index in [-0.39, 0.29) is 5.69 Å². The molecule has 0 spiro atoms. The molecule has 0 radical (unpaired) electrons. The molecule has 0 fully saturated rings. The Kier molecular flexibility index (Phi) is 4.27. The van der Waals surface area contributed by atoms with Gasteiger partial charge in [0.15, 0.2) is 0 Å². The molecular weight excluding hydrogens is 350 g/mol. The van der Waals surface area contributed by atoms with Gasteiger partial charge in [-0.2, -0.15) is 0 Å². The molecule has 0 aliphatic carbocycles. The van der Waals surface area contributed by atoms with Crippen molar-refractivity contribution in [2.45, 2.75) is 0 Å². The Morgan fingerprint density at radius 1 is 1.14 bits per heavy atom. The van der Waals surface area contributed by atoms with Gasteiger partial charge in [-0.25, -0.2) is 8.78 Å². The molecule has 0 aliphatic heterocycles. The van der Waals surface area contributed by atoms with Crippen molar-refractivity contribution in [1.82, 2.24) is 0 Å². The number of anilines is 1. The van der Waals surface area contributed by atoms with Gasteiger partial charge in [0, 0.05) is 10.5 Å². The highest BCUT2D eigenvalue weighted by molar-refractivity contribution is 9.10. The van der Waals surface area contributed by atoms with Crippen molar-refractivity contribution in [3.05, 3.63) is 68.2 Å². The van der Waals surface area contributed by atoms with Crippen molar-refractivity contribution in [2.75, 3.05) is 5.32 Å². The topological polar surface area (TPSA) is 72.2 Å². The predicted molar refractivity (Wildman–Crippen MR) is 75.1 cm³/mol. The summed E-state index contributed by atoms with van der Waals surface area (Å²) >= 11 is 3.10. The number of nitro groups is 1. The number of rotatable bonds is 3. The van der Waals surface area contributed by atoms with Crippen molar-refractivity contribution < 1.29 is 18.5 Å². The summed E-state index contributed by atoms with van der Waals surface area (Å²) in [5.74, 6) is -2.29. The number of halogens is 3. The molecule has 0 bridgehead atoms. The zero-order valence-electron chi connectivity index (χ0n) is 10.3. The molecule has 8 heteroatoms. The van der Waals surface area contributed by atoms with Gasteiger partial charge in [-0.3, -0.25) is 14.9 Å². The van der Waals surface area contributed by atoms with Gasteiger partial charge >= 0.3 is 0 Å². The van der Waals surface area contributed by atoms with E-state index in [1.54, 1.807) is 0 Å². The molecule has 2 rings (SSSR count). The quantitative estimate of drug-likeness (QED) is 0.669. The first kappa shape index (κ1) is 15.0. The van der Waals surface area contributed by atoms with Crippen LogP contribution in [0.15, 0.2) is 40.9 Å². The third kappa shape index (κ3) is 3.40. The lowest BCUT2D eigenvalue weighted by molar-refractivity contribution is -0.385. The highest BCUT2D eigenvalue weighted by Gasteiger charge is 2.21. The largest absolute Gasteiger partial charge is 0.321 e. The maximum absolute atomic E-state index is 13.2. The van der Waals surface area contributed by atoms with E-state index in [9.17, 15) is 23.7 Å². The molecule has 108 valence electrons. The molecule has 0 aromatic heterocycles. The van der Waals surface area contributed by atoms with Crippen molar-refractivity contribution in [3.8, 4) is 0 Å². The number of benzene rings is 2. The summed E-state index contributed by atoms with van der Waals surface area (Å²) in [6.45, 7) is 0. The summed E-state index contributed by atoms with van der Waals surface area (Å²) in [6.07, 6.45) is 0. The van der Waals surface area contributed by atoms with Gasteiger partial charge < -0.3 is 5.32 Å². The Labute approximate surface area is 125 Å². The molecule has 1 amide bonds. The second kappa shape index (κ2) is 5.96. The highest BCUT2D eigenvalue weighted by Crippen LogP contribution is 2.26. The van der Waals surface area contributed by atoms with Crippen LogP contribution in [-0.2, 0) is 0 Å². The summed E-state index contributed by atoms with van der Waals surface area (Å²) in [4.78, 5) is 22.1. The normalized spacial score (nSPS) is 10.2. The van der Waals surface area contributed by atoms with Gasteiger partial charge in [0.2, 0.25) is 0 Å². The summed E-state index contributed by atoms with van der Waals surface area (Å²) in [5.41, 5.74) is -0.906. The molecule has 0 heterocycles. The number of carbonyl (C=O) groups excluding carboxylic acids is 1. The average Bonchev–Trinajstić information content (AvgIpc) is 2.42. The fraction of sp³-hybridized carbons (Fsp3) is 0. The highest BCUT2D eigenvalue weighted by atomic mass is 79.9. The van der Waals surface area contributed by atoms with Crippen molar-refractivity contribution in [3.63, 3.8) is 0 Å². The van der Waals surface area contributed by atoms with Crippen LogP contribution in [0.3, 0.4) is 0 Å². The van der Waals surface area contributed by atoms with E-state index in [4.69, 9.17) is 0 Å². The van der Waals surface area contributed by atoms with E-state index >= 15 is 0 Å². The van der Waals surface area contributed by atoms with Crippen LogP contribution in [0.5, 0.6) is 0 Å². The van der Waals surface area contributed by atoms with E-state index in [2.05, 4.69) is 21.2 Å². The van der Waals surface area contributed by atoms with E-state index in [0.29, 0.717) is 4.47 Å². The van der Waals surface area contributed by atoms with Crippen LogP contribution in [0.2, 0.25) is 0 Å². The molecule has 0 saturated heterocycles. The fourth-order valence-corrected chi connectivity index (χ4v) is 1.98. The van der Waals surface area contributed by atoms with E-state index in [0.717, 1.165) is 24.3 Å². The Balaban J connectivity index is 2.39. The Bertz CT molecular complexity index is 737. The zero-order valence-corrected chi connectivity index (χ0v) is 11.9. The molecule has 0 unspecified atom stereocenters. The van der Waals surface area contributed by atoms with Crippen LogP contribution >= 0.6 is 15.9 Å². The van der Waals surface area contributed by atoms with Crippen LogP contribution in [0.4, 0.5) is 20.2 Å². The summed E-state index contributed by atoms with van der Waals surface area (Å²) in [6, 6.07) is 6.10. The fourth-order valence-electron chi connectivity index (χ4n) is 1.63. The van der Waals surface area contributed by atoms with Crippen LogP contribution in [0.1, 0.15) is 10.4 Å². The lowest BCUT2D eigenvalue weighted by atomic mass is 10.1. The number of hydrogen-bond acceptors (Lipinski definition) is 3. The standard InChI is InChI=1S/C13H7BrF2N2O3/c14-10-3-1-8(16)6-11(10)17-13(19)9-5-7(15)2-4-12(9)18(20)21/h1-6H,(H,17,19). The minimum absolute atomic E-state index is 0.0820. The Hall–Kier alpha value is -2.35. The summed E-state index contributed by atoms with van der Waals surface area (Å²) in [5, 5.41) is 13.1. The lowest BCUT2D eigenvalue weighted by Crippen LogP contribution is -2.14. The second-order valence-corrected chi connectivity index (χ2v) is 4.85. The first-order valence-electron chi connectivity index (χ1n) is 5.59. The number of nitrogens with zero attached hydrogens (tertiary/aromatic N) is 1. The lowest BCUT2D eigenvalue weighted by Gasteiger charge is -2.08. The molecule has 0 atom stereocenters. The molecule has 2 aromatic carbocycles. The van der Waals surface area contributed by atoms with Crippen LogP contribution in [-0.4, -0.2) is 10.8 Å². The number of nitro benzene ring substituents is 1. The van der Waals surface area contributed by atoms with Crippen LogP contribution in [0, 0.1) is 21.7 Å². The third-order valence-corrected chi connectivity index (χ3v) is 3.27. The summed E-state index contributed by atoms with van der Waals surface area (Å²) in [7, 11) is 0.